The van der Waals surface area contributed by atoms with E-state index in [2.05, 4.69) is 5.32 Å². The van der Waals surface area contributed by atoms with Gasteiger partial charge in [-0.3, -0.25) is 4.79 Å². The number of rotatable bonds is 4. The van der Waals surface area contributed by atoms with Gasteiger partial charge in [-0.05, 0) is 33.6 Å². The van der Waals surface area contributed by atoms with Crippen LogP contribution in [0.4, 0.5) is 4.79 Å². The number of urea groups is 1. The van der Waals surface area contributed by atoms with Crippen LogP contribution in [0.1, 0.15) is 40.0 Å². The third-order valence-electron chi connectivity index (χ3n) is 3.30. The Balaban J connectivity index is 2.49. The second-order valence-electron chi connectivity index (χ2n) is 5.79. The molecule has 0 bridgehead atoms. The maximum atomic E-state index is 11.9. The average molecular weight is 258 g/mol. The van der Waals surface area contributed by atoms with Crippen LogP contribution in [0.5, 0.6) is 0 Å². The van der Waals surface area contributed by atoms with Gasteiger partial charge >= 0.3 is 12.0 Å². The molecule has 0 aliphatic carbocycles. The molecule has 1 heterocycles. The molecule has 0 radical (unpaired) electrons. The summed E-state index contributed by atoms with van der Waals surface area (Å²) in [4.78, 5) is 24.2. The first-order valence-electron chi connectivity index (χ1n) is 6.14. The first-order chi connectivity index (χ1) is 8.14. The third kappa shape index (κ3) is 3.87. The lowest BCUT2D eigenvalue weighted by Gasteiger charge is -2.32. The van der Waals surface area contributed by atoms with E-state index in [1.54, 1.807) is 4.90 Å². The highest BCUT2D eigenvalue weighted by Crippen LogP contribution is 2.27. The molecule has 3 N–H and O–H groups in total. The summed E-state index contributed by atoms with van der Waals surface area (Å²) in [5, 5.41) is 21.0. The lowest BCUT2D eigenvalue weighted by molar-refractivity contribution is -0.141. The van der Waals surface area contributed by atoms with Crippen LogP contribution in [0.2, 0.25) is 0 Å². The fourth-order valence-corrected chi connectivity index (χ4v) is 2.23. The molecular weight excluding hydrogens is 236 g/mol. The average Bonchev–Trinajstić information content (AvgIpc) is 2.53. The number of carbonyl (C=O) groups excluding carboxylic acids is 1. The number of carbonyl (C=O) groups is 2. The number of hydrogen-bond donors (Lipinski definition) is 3. The minimum absolute atomic E-state index is 0.0648. The van der Waals surface area contributed by atoms with Crippen LogP contribution >= 0.6 is 0 Å². The van der Waals surface area contributed by atoms with E-state index in [1.165, 1.54) is 6.92 Å². The van der Waals surface area contributed by atoms with Gasteiger partial charge in [0.1, 0.15) is 0 Å². The van der Waals surface area contributed by atoms with Crippen LogP contribution in [-0.4, -0.2) is 51.3 Å². The van der Waals surface area contributed by atoms with E-state index in [-0.39, 0.29) is 18.1 Å². The van der Waals surface area contributed by atoms with Gasteiger partial charge in [0, 0.05) is 18.6 Å². The number of carboxylic acid groups (broad SMARTS) is 1. The monoisotopic (exact) mass is 258 g/mol. The predicted molar refractivity (Wildman–Crippen MR) is 66.3 cm³/mol. The van der Waals surface area contributed by atoms with Gasteiger partial charge < -0.3 is 20.4 Å². The summed E-state index contributed by atoms with van der Waals surface area (Å²) in [7, 11) is 0. The Hall–Kier alpha value is -1.30. The Morgan fingerprint density at radius 3 is 2.50 bits per heavy atom. The molecule has 2 amide bonds. The molecule has 0 spiro atoms. The Kier molecular flexibility index (Phi) is 4.21. The van der Waals surface area contributed by atoms with Gasteiger partial charge in [-0.2, -0.15) is 0 Å². The van der Waals surface area contributed by atoms with Crippen molar-refractivity contribution < 1.29 is 19.8 Å². The Morgan fingerprint density at radius 2 is 2.06 bits per heavy atom. The van der Waals surface area contributed by atoms with Gasteiger partial charge in [0.25, 0.3) is 0 Å². The minimum Gasteiger partial charge on any atom is -0.481 e. The Labute approximate surface area is 107 Å². The molecule has 0 saturated carbocycles. The fourth-order valence-electron chi connectivity index (χ4n) is 2.23. The van der Waals surface area contributed by atoms with Gasteiger partial charge in [-0.25, -0.2) is 4.79 Å². The molecule has 1 rings (SSSR count). The van der Waals surface area contributed by atoms with Crippen molar-refractivity contribution in [1.29, 1.82) is 0 Å². The summed E-state index contributed by atoms with van der Waals surface area (Å²) in [5.74, 6) is -1.09. The molecule has 1 aliphatic heterocycles. The summed E-state index contributed by atoms with van der Waals surface area (Å²) in [6.45, 7) is 6.02. The van der Waals surface area contributed by atoms with Crippen molar-refractivity contribution in [3.8, 4) is 0 Å². The molecule has 0 aromatic carbocycles. The number of nitrogens with one attached hydrogen (secondary N) is 1. The quantitative estimate of drug-likeness (QED) is 0.695. The highest BCUT2D eigenvalue weighted by molar-refractivity contribution is 5.75. The molecular formula is C12H22N2O4. The normalized spacial score (nSPS) is 21.4. The minimum atomic E-state index is -1.43. The topological polar surface area (TPSA) is 89.9 Å². The SMILES string of the molecule is CC(O)(CNC(=O)N1CCCC1(C)C)CC(=O)O. The summed E-state index contributed by atoms with van der Waals surface area (Å²) in [5.41, 5.74) is -1.60. The number of hydrogen-bond acceptors (Lipinski definition) is 3. The lowest BCUT2D eigenvalue weighted by atomic mass is 10.0. The zero-order valence-corrected chi connectivity index (χ0v) is 11.2. The van der Waals surface area contributed by atoms with E-state index < -0.39 is 18.0 Å². The summed E-state index contributed by atoms with van der Waals surface area (Å²) >= 11 is 0. The van der Waals surface area contributed by atoms with Crippen LogP contribution in [0, 0.1) is 0 Å². The molecule has 1 aliphatic rings. The van der Waals surface area contributed by atoms with Crippen LogP contribution in [0.3, 0.4) is 0 Å². The third-order valence-corrected chi connectivity index (χ3v) is 3.30. The first kappa shape index (κ1) is 14.8. The van der Waals surface area contributed by atoms with E-state index in [0.29, 0.717) is 6.54 Å². The largest absolute Gasteiger partial charge is 0.481 e. The van der Waals surface area contributed by atoms with E-state index in [9.17, 15) is 14.7 Å². The van der Waals surface area contributed by atoms with E-state index >= 15 is 0 Å². The van der Waals surface area contributed by atoms with Crippen molar-refractivity contribution >= 4 is 12.0 Å². The maximum absolute atomic E-state index is 11.9. The second kappa shape index (κ2) is 5.14. The van der Waals surface area contributed by atoms with Gasteiger partial charge in [-0.15, -0.1) is 0 Å². The fraction of sp³-hybridized carbons (Fsp3) is 0.833. The van der Waals surface area contributed by atoms with Crippen LogP contribution in [0.25, 0.3) is 0 Å². The summed E-state index contributed by atoms with van der Waals surface area (Å²) < 4.78 is 0. The van der Waals surface area contributed by atoms with Crippen molar-refractivity contribution in [3.05, 3.63) is 0 Å². The van der Waals surface area contributed by atoms with Crippen molar-refractivity contribution in [2.45, 2.75) is 51.2 Å². The van der Waals surface area contributed by atoms with Gasteiger partial charge in [0.05, 0.1) is 12.0 Å². The smallest absolute Gasteiger partial charge is 0.317 e. The Bertz CT molecular complexity index is 339. The molecule has 6 heteroatoms. The van der Waals surface area contributed by atoms with E-state index in [1.807, 2.05) is 13.8 Å². The highest BCUT2D eigenvalue weighted by Gasteiger charge is 2.36. The summed E-state index contributed by atoms with van der Waals surface area (Å²) in [6, 6.07) is -0.247. The molecule has 1 saturated heterocycles. The first-order valence-corrected chi connectivity index (χ1v) is 6.14. The molecule has 0 aromatic heterocycles. The maximum Gasteiger partial charge on any atom is 0.317 e. The number of carboxylic acids is 1. The molecule has 6 nitrogen and oxygen atoms in total. The molecule has 1 unspecified atom stereocenters. The van der Waals surface area contributed by atoms with E-state index in [4.69, 9.17) is 5.11 Å². The second-order valence-corrected chi connectivity index (χ2v) is 5.79. The molecule has 1 fully saturated rings. The summed E-state index contributed by atoms with van der Waals surface area (Å²) in [6.07, 6.45) is 1.52. The van der Waals surface area contributed by atoms with Crippen molar-refractivity contribution in [2.24, 2.45) is 0 Å². The van der Waals surface area contributed by atoms with Crippen molar-refractivity contribution in [3.63, 3.8) is 0 Å². The number of likely N-dealkylation sites (tertiary alicyclic amines) is 1. The standard InChI is InChI=1S/C12H22N2O4/c1-11(2)5-4-6-14(11)10(17)13-8-12(3,18)7-9(15)16/h18H,4-8H2,1-3H3,(H,13,17)(H,15,16). The van der Waals surface area contributed by atoms with Gasteiger partial charge in [-0.1, -0.05) is 0 Å². The number of amides is 2. The zero-order chi connectivity index (χ0) is 14.0. The molecule has 104 valence electrons. The Morgan fingerprint density at radius 1 is 1.44 bits per heavy atom. The molecule has 1 atom stereocenters. The number of aliphatic hydroxyl groups is 1. The van der Waals surface area contributed by atoms with Crippen molar-refractivity contribution in [2.75, 3.05) is 13.1 Å². The predicted octanol–water partition coefficient (Wildman–Crippen LogP) is 0.796. The number of aliphatic carboxylic acids is 1. The van der Waals surface area contributed by atoms with E-state index in [0.717, 1.165) is 12.8 Å². The van der Waals surface area contributed by atoms with Gasteiger partial charge in [0.15, 0.2) is 0 Å². The molecule has 18 heavy (non-hydrogen) atoms. The number of nitrogens with zero attached hydrogens (tertiary/aromatic N) is 1. The highest BCUT2D eigenvalue weighted by atomic mass is 16.4. The van der Waals surface area contributed by atoms with Crippen LogP contribution in [-0.2, 0) is 4.79 Å². The van der Waals surface area contributed by atoms with Gasteiger partial charge in [0.2, 0.25) is 0 Å². The zero-order valence-electron chi connectivity index (χ0n) is 11.2. The van der Waals surface area contributed by atoms with Crippen LogP contribution in [0.15, 0.2) is 0 Å². The molecule has 0 aromatic rings. The van der Waals surface area contributed by atoms with Crippen molar-refractivity contribution in [1.82, 2.24) is 10.2 Å². The van der Waals surface area contributed by atoms with Crippen LogP contribution < -0.4 is 5.32 Å². The lowest BCUT2D eigenvalue weighted by Crippen LogP contribution is -2.51.